The van der Waals surface area contributed by atoms with Crippen molar-refractivity contribution in [1.29, 1.82) is 0 Å². The Morgan fingerprint density at radius 2 is 1.92 bits per heavy atom. The Hall–Kier alpha value is -1.97. The lowest BCUT2D eigenvalue weighted by atomic mass is 9.74. The Kier molecular flexibility index (Phi) is 5.31. The van der Waals surface area contributed by atoms with Crippen molar-refractivity contribution in [2.24, 2.45) is 0 Å². The van der Waals surface area contributed by atoms with Crippen LogP contribution in [0, 0.1) is 10.1 Å². The maximum absolute atomic E-state index is 11.8. The third-order valence-electron chi connectivity index (χ3n) is 4.68. The topological polar surface area (TPSA) is 98.5 Å². The number of sulfone groups is 1. The van der Waals surface area contributed by atoms with Crippen LogP contribution in [0.2, 0.25) is 0 Å². The van der Waals surface area contributed by atoms with Gasteiger partial charge >= 0.3 is 5.69 Å². The minimum Gasteiger partial charge on any atom is -0.381 e. The number of nitrogens with zero attached hydrogens (tertiary/aromatic N) is 1. The van der Waals surface area contributed by atoms with Gasteiger partial charge in [0.25, 0.3) is 0 Å². The van der Waals surface area contributed by atoms with Crippen molar-refractivity contribution in [3.05, 3.63) is 52.1 Å². The van der Waals surface area contributed by atoms with E-state index in [1.54, 1.807) is 0 Å². The quantitative estimate of drug-likeness (QED) is 0.595. The van der Waals surface area contributed by atoms with Gasteiger partial charge in [0.1, 0.15) is 4.21 Å². The van der Waals surface area contributed by atoms with E-state index in [1.807, 2.05) is 18.2 Å². The molecule has 9 heteroatoms. The minimum atomic E-state index is -3.49. The molecule has 1 aromatic carbocycles. The molecular weight excluding hydrogens is 376 g/mol. The summed E-state index contributed by atoms with van der Waals surface area (Å²) >= 11 is 0.905. The summed E-state index contributed by atoms with van der Waals surface area (Å²) in [6.45, 7) is 1.72. The van der Waals surface area contributed by atoms with Gasteiger partial charge < -0.3 is 10.1 Å². The standard InChI is InChI=1S/C17H20N2O5S2/c1-26(22,23)15-11-14(19(20)21)16(25-15)18-12-17(7-9-24-10-8-17)13-5-3-2-4-6-13/h2-6,11,18H,7-10,12H2,1H3. The monoisotopic (exact) mass is 396 g/mol. The average Bonchev–Trinajstić information content (AvgIpc) is 3.07. The SMILES string of the molecule is CS(=O)(=O)c1cc([N+](=O)[O-])c(NCC2(c3ccccc3)CCOCC2)s1. The molecule has 1 aliphatic heterocycles. The number of rotatable bonds is 6. The molecule has 1 aliphatic rings. The fourth-order valence-electron chi connectivity index (χ4n) is 3.18. The number of hydrogen-bond donors (Lipinski definition) is 1. The molecular formula is C17H20N2O5S2. The number of hydrogen-bond acceptors (Lipinski definition) is 7. The van der Waals surface area contributed by atoms with Crippen molar-refractivity contribution in [2.75, 3.05) is 31.3 Å². The Labute approximate surface area is 156 Å². The van der Waals surface area contributed by atoms with Gasteiger partial charge in [0.05, 0.1) is 4.92 Å². The van der Waals surface area contributed by atoms with Crippen LogP contribution in [-0.2, 0) is 20.0 Å². The van der Waals surface area contributed by atoms with Crippen LogP contribution < -0.4 is 5.32 Å². The number of ether oxygens (including phenoxy) is 1. The zero-order valence-electron chi connectivity index (χ0n) is 14.3. The van der Waals surface area contributed by atoms with Crippen molar-refractivity contribution in [2.45, 2.75) is 22.5 Å². The van der Waals surface area contributed by atoms with Crippen LogP contribution in [0.3, 0.4) is 0 Å². The fourth-order valence-corrected chi connectivity index (χ4v) is 5.11. The number of thiophene rings is 1. The van der Waals surface area contributed by atoms with Crippen molar-refractivity contribution in [3.63, 3.8) is 0 Å². The summed E-state index contributed by atoms with van der Waals surface area (Å²) in [5.74, 6) is 0. The molecule has 0 bridgehead atoms. The largest absolute Gasteiger partial charge is 0.381 e. The molecule has 1 fully saturated rings. The summed E-state index contributed by atoms with van der Waals surface area (Å²) in [5, 5.41) is 14.7. The number of anilines is 1. The predicted molar refractivity (Wildman–Crippen MR) is 101 cm³/mol. The first-order chi connectivity index (χ1) is 12.3. The molecule has 0 radical (unpaired) electrons. The highest BCUT2D eigenvalue weighted by atomic mass is 32.2. The first kappa shape index (κ1) is 18.8. The zero-order chi connectivity index (χ0) is 18.8. The Morgan fingerprint density at radius 3 is 2.50 bits per heavy atom. The first-order valence-corrected chi connectivity index (χ1v) is 10.9. The maximum Gasteiger partial charge on any atom is 0.304 e. The van der Waals surface area contributed by atoms with E-state index in [2.05, 4.69) is 17.4 Å². The lowest BCUT2D eigenvalue weighted by Crippen LogP contribution is -2.40. The van der Waals surface area contributed by atoms with Gasteiger partial charge in [-0.3, -0.25) is 10.1 Å². The summed E-state index contributed by atoms with van der Waals surface area (Å²) in [6.07, 6.45) is 2.64. The van der Waals surface area contributed by atoms with E-state index in [-0.39, 0.29) is 20.3 Å². The van der Waals surface area contributed by atoms with E-state index in [4.69, 9.17) is 4.74 Å². The van der Waals surface area contributed by atoms with Gasteiger partial charge in [-0.25, -0.2) is 8.42 Å². The van der Waals surface area contributed by atoms with Gasteiger partial charge in [0.15, 0.2) is 14.8 Å². The van der Waals surface area contributed by atoms with E-state index >= 15 is 0 Å². The van der Waals surface area contributed by atoms with Crippen LogP contribution in [0.1, 0.15) is 18.4 Å². The minimum absolute atomic E-state index is 0.00700. The molecule has 1 aromatic heterocycles. The number of nitrogens with one attached hydrogen (secondary N) is 1. The van der Waals surface area contributed by atoms with Crippen LogP contribution in [0.25, 0.3) is 0 Å². The second-order valence-corrected chi connectivity index (χ2v) is 9.72. The highest BCUT2D eigenvalue weighted by molar-refractivity contribution is 7.92. The van der Waals surface area contributed by atoms with E-state index in [0.717, 1.165) is 42.1 Å². The van der Waals surface area contributed by atoms with E-state index in [0.29, 0.717) is 19.8 Å². The molecule has 1 N–H and O–H groups in total. The van der Waals surface area contributed by atoms with Crippen molar-refractivity contribution >= 4 is 31.9 Å². The molecule has 1 saturated heterocycles. The van der Waals surface area contributed by atoms with Crippen LogP contribution >= 0.6 is 11.3 Å². The molecule has 26 heavy (non-hydrogen) atoms. The highest BCUT2D eigenvalue weighted by Gasteiger charge is 2.35. The molecule has 2 aromatic rings. The van der Waals surface area contributed by atoms with Gasteiger partial charge in [-0.15, -0.1) is 0 Å². The van der Waals surface area contributed by atoms with E-state index in [1.165, 1.54) is 0 Å². The second kappa shape index (κ2) is 7.34. The summed E-state index contributed by atoms with van der Waals surface area (Å²) in [7, 11) is -3.49. The average molecular weight is 396 g/mol. The molecule has 0 unspecified atom stereocenters. The summed E-state index contributed by atoms with van der Waals surface area (Å²) in [6, 6.07) is 11.1. The van der Waals surface area contributed by atoms with Gasteiger partial charge in [-0.1, -0.05) is 41.7 Å². The van der Waals surface area contributed by atoms with Gasteiger partial charge in [0, 0.05) is 37.5 Å². The Bertz CT molecular complexity index is 887. The molecule has 0 amide bonds. The van der Waals surface area contributed by atoms with Crippen molar-refractivity contribution in [3.8, 4) is 0 Å². The highest BCUT2D eigenvalue weighted by Crippen LogP contribution is 2.40. The van der Waals surface area contributed by atoms with Gasteiger partial charge in [0.2, 0.25) is 0 Å². The predicted octanol–water partition coefficient (Wildman–Crippen LogP) is 3.22. The van der Waals surface area contributed by atoms with Crippen LogP contribution in [0.5, 0.6) is 0 Å². The normalized spacial score (nSPS) is 17.0. The summed E-state index contributed by atoms with van der Waals surface area (Å²) < 4.78 is 29.0. The molecule has 2 heterocycles. The fraction of sp³-hybridized carbons (Fsp3) is 0.412. The summed E-state index contributed by atoms with van der Waals surface area (Å²) in [4.78, 5) is 10.8. The smallest absolute Gasteiger partial charge is 0.304 e. The van der Waals surface area contributed by atoms with Gasteiger partial charge in [-0.05, 0) is 18.4 Å². The number of nitro groups is 1. The Morgan fingerprint density at radius 1 is 1.27 bits per heavy atom. The number of benzene rings is 1. The molecule has 0 aliphatic carbocycles. The van der Waals surface area contributed by atoms with Crippen LogP contribution in [0.4, 0.5) is 10.7 Å². The van der Waals surface area contributed by atoms with Crippen LogP contribution in [0.15, 0.2) is 40.6 Å². The van der Waals surface area contributed by atoms with Crippen molar-refractivity contribution < 1.29 is 18.1 Å². The van der Waals surface area contributed by atoms with Gasteiger partial charge in [-0.2, -0.15) is 0 Å². The van der Waals surface area contributed by atoms with Crippen molar-refractivity contribution in [1.82, 2.24) is 0 Å². The molecule has 7 nitrogen and oxygen atoms in total. The molecule has 0 saturated carbocycles. The maximum atomic E-state index is 11.8. The third kappa shape index (κ3) is 3.89. The molecule has 3 rings (SSSR count). The molecule has 140 valence electrons. The Balaban J connectivity index is 1.90. The zero-order valence-corrected chi connectivity index (χ0v) is 15.9. The third-order valence-corrected chi connectivity index (χ3v) is 7.56. The second-order valence-electron chi connectivity index (χ2n) is 6.42. The van der Waals surface area contributed by atoms with E-state index < -0.39 is 14.8 Å². The lowest BCUT2D eigenvalue weighted by Gasteiger charge is -2.38. The lowest BCUT2D eigenvalue weighted by molar-refractivity contribution is -0.383. The van der Waals surface area contributed by atoms with E-state index in [9.17, 15) is 18.5 Å². The first-order valence-electron chi connectivity index (χ1n) is 8.17. The summed E-state index contributed by atoms with van der Waals surface area (Å²) in [5.41, 5.74) is 0.742. The molecule has 0 atom stereocenters. The molecule has 0 spiro atoms. The van der Waals surface area contributed by atoms with Crippen LogP contribution in [-0.4, -0.2) is 39.4 Å².